The van der Waals surface area contributed by atoms with Gasteiger partial charge in [-0.15, -0.1) is 0 Å². The molecule has 78 heavy (non-hydrogen) atoms. The van der Waals surface area contributed by atoms with Gasteiger partial charge in [-0.1, -0.05) is 24.3 Å². The summed E-state index contributed by atoms with van der Waals surface area (Å²) in [6.45, 7) is -9.72. The molecule has 6 heterocycles. The number of carbonyl (C=O) groups excluding carboxylic acids is 2. The summed E-state index contributed by atoms with van der Waals surface area (Å²) in [5.74, 6) is 0.737. The standard InChI is InChI=1S/C50H49N7O17P2S2/c1-64-33-16-8-31(9-17-33)48(59)69-35-12-4-29(5-13-35)25-77-75(62)68-24-39-43(44(66-3)47(72-39)56-21-20-40(58)55-50(56)61)74-76(63,78-26-30-6-14-36(15-7-30)70-49(60)32-10-18-34(65-2)19-11-32)67-23-38-37(73-75)22-41(71-38)57-28-54-42-45(51)52-27-53-46(42)57/h4-21,27-28,37-39,41,43-44,47H,22-26H2,1-3H3,(H2,51,52,53)(H,55,58,61)/t37-,38+,39+,41+,43+,44+,47+,75?,76?/m0/s1. The molecule has 7 aromatic rings. The van der Waals surface area contributed by atoms with Crippen LogP contribution in [0.25, 0.3) is 11.2 Å². The lowest BCUT2D eigenvalue weighted by atomic mass is 10.1. The Bertz CT molecular complexity index is 3500. The fourth-order valence-electron chi connectivity index (χ4n) is 8.53. The second-order valence-corrected chi connectivity index (χ2v) is 25.6. The molecule has 3 fully saturated rings. The van der Waals surface area contributed by atoms with Crippen molar-refractivity contribution in [2.45, 2.75) is 60.9 Å². The van der Waals surface area contributed by atoms with Crippen molar-refractivity contribution in [3.8, 4) is 23.0 Å². The molecule has 0 saturated carbocycles. The first kappa shape index (κ1) is 54.7. The third kappa shape index (κ3) is 12.4. The summed E-state index contributed by atoms with van der Waals surface area (Å²) in [7, 11) is 4.37. The van der Waals surface area contributed by atoms with Gasteiger partial charge in [-0.2, -0.15) is 0 Å². The van der Waals surface area contributed by atoms with Gasteiger partial charge in [-0.3, -0.25) is 37.0 Å². The number of hydrogen-bond acceptors (Lipinski definition) is 23. The van der Waals surface area contributed by atoms with Crippen LogP contribution in [0.15, 0.2) is 132 Å². The van der Waals surface area contributed by atoms with Gasteiger partial charge < -0.3 is 38.9 Å². The number of aromatic nitrogens is 6. The fraction of sp³-hybridized carbons (Fsp3) is 0.300. The van der Waals surface area contributed by atoms with Gasteiger partial charge in [-0.25, -0.2) is 38.5 Å². The van der Waals surface area contributed by atoms with Crippen LogP contribution in [0.4, 0.5) is 5.82 Å². The molecule has 0 aliphatic carbocycles. The molecule has 0 amide bonds. The number of rotatable bonds is 15. The van der Waals surface area contributed by atoms with E-state index >= 15 is 9.13 Å². The predicted octanol–water partition coefficient (Wildman–Crippen LogP) is 7.51. The minimum absolute atomic E-state index is 0.0325. The largest absolute Gasteiger partial charge is 0.497 e. The van der Waals surface area contributed by atoms with E-state index in [1.54, 1.807) is 102 Å². The lowest BCUT2D eigenvalue weighted by molar-refractivity contribution is -0.0624. The molecule has 2 unspecified atom stereocenters. The van der Waals surface area contributed by atoms with E-state index in [-0.39, 0.29) is 35.2 Å². The fourth-order valence-corrected chi connectivity index (χ4v) is 15.3. The molecule has 4 aromatic carbocycles. The van der Waals surface area contributed by atoms with Crippen LogP contribution in [0.1, 0.15) is 50.7 Å². The number of nitrogen functional groups attached to an aromatic ring is 1. The summed E-state index contributed by atoms with van der Waals surface area (Å²) >= 11 is 1.68. The normalized spacial score (nSPS) is 25.2. The summed E-state index contributed by atoms with van der Waals surface area (Å²) in [4.78, 5) is 66.2. The maximum atomic E-state index is 15.4. The number of carbonyl (C=O) groups is 2. The van der Waals surface area contributed by atoms with Gasteiger partial charge in [0.05, 0.1) is 44.9 Å². The number of nitrogens with zero attached hydrogens (tertiary/aromatic N) is 5. The number of nitrogens with two attached hydrogens (primary N) is 1. The number of H-pyrrole nitrogens is 1. The van der Waals surface area contributed by atoms with Crippen LogP contribution in [-0.4, -0.2) is 106 Å². The topological polar surface area (TPSA) is 294 Å². The van der Waals surface area contributed by atoms with Crippen molar-refractivity contribution in [1.29, 1.82) is 0 Å². The number of methoxy groups -OCH3 is 3. The third-order valence-electron chi connectivity index (χ3n) is 12.6. The highest BCUT2D eigenvalue weighted by atomic mass is 32.7. The van der Waals surface area contributed by atoms with Crippen LogP contribution < -0.4 is 35.9 Å². The number of hydrogen-bond donors (Lipinski definition) is 2. The molecule has 28 heteroatoms. The predicted molar refractivity (Wildman–Crippen MR) is 283 cm³/mol. The van der Waals surface area contributed by atoms with Gasteiger partial charge in [0, 0.05) is 37.3 Å². The van der Waals surface area contributed by atoms with Crippen LogP contribution in [-0.2, 0) is 52.9 Å². The second-order valence-electron chi connectivity index (χ2n) is 17.5. The quantitative estimate of drug-likeness (QED) is 0.0570. The first-order chi connectivity index (χ1) is 37.7. The van der Waals surface area contributed by atoms with E-state index in [9.17, 15) is 19.2 Å². The van der Waals surface area contributed by atoms with E-state index in [4.69, 9.17) is 57.0 Å². The molecule has 24 nitrogen and oxygen atoms in total. The van der Waals surface area contributed by atoms with E-state index in [1.165, 1.54) is 40.2 Å². The molecule has 0 radical (unpaired) electrons. The van der Waals surface area contributed by atoms with Gasteiger partial charge in [0.2, 0.25) is 0 Å². The Morgan fingerprint density at radius 1 is 0.679 bits per heavy atom. The maximum absolute atomic E-state index is 15.4. The Labute approximate surface area is 451 Å². The molecule has 3 saturated heterocycles. The maximum Gasteiger partial charge on any atom is 0.389 e. The van der Waals surface area contributed by atoms with Crippen LogP contribution in [0.5, 0.6) is 23.0 Å². The molecule has 408 valence electrons. The molecule has 0 bridgehead atoms. The summed E-state index contributed by atoms with van der Waals surface area (Å²) < 4.78 is 99.7. The van der Waals surface area contributed by atoms with Gasteiger partial charge in [-0.05, 0) is 107 Å². The summed E-state index contributed by atoms with van der Waals surface area (Å²) in [6, 6.07) is 27.1. The van der Waals surface area contributed by atoms with E-state index in [1.807, 2.05) is 0 Å². The minimum atomic E-state index is -4.41. The third-order valence-corrected chi connectivity index (χ3v) is 19.9. The molecule has 9 atom stereocenters. The Hall–Kier alpha value is -6.67. The van der Waals surface area contributed by atoms with Crippen LogP contribution in [0.2, 0.25) is 0 Å². The highest BCUT2D eigenvalue weighted by Gasteiger charge is 2.53. The number of fused-ring (bicyclic) bond motifs is 3. The van der Waals surface area contributed by atoms with E-state index in [0.717, 1.165) is 33.4 Å². The number of nitrogens with one attached hydrogen (secondary N) is 1. The molecule has 3 aromatic heterocycles. The molecule has 3 aliphatic rings. The number of imidazole rings is 1. The van der Waals surface area contributed by atoms with Gasteiger partial charge in [0.25, 0.3) is 5.56 Å². The van der Waals surface area contributed by atoms with E-state index in [2.05, 4.69) is 19.9 Å². The smallest absolute Gasteiger partial charge is 0.389 e. The molecule has 0 spiro atoms. The average Bonchev–Trinajstić information content (AvgIpc) is 4.31. The average molecular weight is 1150 g/mol. The zero-order chi connectivity index (χ0) is 54.6. The first-order valence-corrected chi connectivity index (χ1v) is 30.1. The van der Waals surface area contributed by atoms with Gasteiger partial charge >= 0.3 is 31.2 Å². The number of aromatic amines is 1. The number of esters is 2. The van der Waals surface area contributed by atoms with Crippen LogP contribution in [0, 0.1) is 0 Å². The van der Waals surface area contributed by atoms with E-state index in [0.29, 0.717) is 44.9 Å². The SMILES string of the molecule is COc1ccc(C(=O)Oc2ccc(CSP3(=O)OC[C@H]4O[C@@H](n5cnc6c(N)ncnc65)C[C@@H]4OP(=O)(SCc4ccc(OC(=O)c5ccc(OC)cc5)cc4)OC[C@H]4O[C@@H](n5ccc(=O)[nH]c5=O)[C@H](OC)[C@@H]4O3)cc2)cc1. The Morgan fingerprint density at radius 3 is 1.78 bits per heavy atom. The Morgan fingerprint density at radius 2 is 1.23 bits per heavy atom. The Kier molecular flexibility index (Phi) is 16.6. The molecule has 3 N–H and O–H groups in total. The lowest BCUT2D eigenvalue weighted by Gasteiger charge is -2.31. The zero-order valence-corrected chi connectivity index (χ0v) is 45.0. The second kappa shape index (κ2) is 23.7. The summed E-state index contributed by atoms with van der Waals surface area (Å²) in [5, 5.41) is 0. The highest BCUT2D eigenvalue weighted by Crippen LogP contribution is 2.67. The molecular formula is C50H49N7O17P2S2. The van der Waals surface area contributed by atoms with Gasteiger partial charge in [0.15, 0.2) is 17.7 Å². The van der Waals surface area contributed by atoms with Crippen molar-refractivity contribution in [2.24, 2.45) is 0 Å². The van der Waals surface area contributed by atoms with Crippen molar-refractivity contribution in [1.82, 2.24) is 29.1 Å². The number of benzene rings is 4. The van der Waals surface area contributed by atoms with Crippen molar-refractivity contribution in [3.63, 3.8) is 0 Å². The van der Waals surface area contributed by atoms with Crippen molar-refractivity contribution in [3.05, 3.63) is 165 Å². The van der Waals surface area contributed by atoms with Gasteiger partial charge in [0.1, 0.15) is 71.6 Å². The van der Waals surface area contributed by atoms with Crippen molar-refractivity contribution in [2.75, 3.05) is 40.3 Å². The van der Waals surface area contributed by atoms with E-state index < -0.39 is 93.0 Å². The summed E-state index contributed by atoms with van der Waals surface area (Å²) in [5.41, 5.74) is 7.19. The van der Waals surface area contributed by atoms with Crippen LogP contribution in [0.3, 0.4) is 0 Å². The zero-order valence-electron chi connectivity index (χ0n) is 41.6. The number of ether oxygens (including phenoxy) is 7. The lowest BCUT2D eigenvalue weighted by Crippen LogP contribution is -2.40. The Balaban J connectivity index is 0.929. The number of anilines is 1. The van der Waals surface area contributed by atoms with Crippen molar-refractivity contribution < 1.29 is 70.0 Å². The minimum Gasteiger partial charge on any atom is -0.497 e. The molecule has 10 rings (SSSR count). The monoisotopic (exact) mass is 1150 g/mol. The first-order valence-electron chi connectivity index (χ1n) is 23.8. The van der Waals surface area contributed by atoms with Crippen molar-refractivity contribution >= 4 is 65.3 Å². The van der Waals surface area contributed by atoms with Crippen LogP contribution >= 0.6 is 36.4 Å². The highest BCUT2D eigenvalue weighted by molar-refractivity contribution is 8.55. The molecular weight excluding hydrogens is 1100 g/mol. The summed E-state index contributed by atoms with van der Waals surface area (Å²) in [6.07, 6.45) is -4.13. The molecule has 3 aliphatic heterocycles.